The van der Waals surface area contributed by atoms with Crippen LogP contribution in [0.15, 0.2) is 24.3 Å². The number of Topliss-reactive ketones (excluding diaryl/α,β-unsaturated/α-hetero) is 1. The van der Waals surface area contributed by atoms with Gasteiger partial charge < -0.3 is 9.53 Å². The van der Waals surface area contributed by atoms with Crippen LogP contribution in [0.4, 0.5) is 0 Å². The molecule has 0 N–H and O–H groups in total. The summed E-state index contributed by atoms with van der Waals surface area (Å²) in [7, 11) is 0. The van der Waals surface area contributed by atoms with Gasteiger partial charge in [-0.1, -0.05) is 81.0 Å². The Kier molecular flexibility index (Phi) is 21.7. The molecule has 1 aliphatic rings. The molecule has 3 heteroatoms. The van der Waals surface area contributed by atoms with Crippen LogP contribution in [0, 0.1) is 17.8 Å². The normalized spacial score (nSPS) is 14.8. The summed E-state index contributed by atoms with van der Waals surface area (Å²) in [6, 6.07) is 8.30. The molecule has 0 spiro atoms. The fourth-order valence-electron chi connectivity index (χ4n) is 2.04. The van der Waals surface area contributed by atoms with Crippen LogP contribution in [0.2, 0.25) is 0 Å². The number of hydrogen-bond donors (Lipinski definition) is 0. The third-order valence-corrected chi connectivity index (χ3v) is 5.00. The summed E-state index contributed by atoms with van der Waals surface area (Å²) in [5.74, 6) is 3.66. The highest BCUT2D eigenvalue weighted by Gasteiger charge is 2.15. The van der Waals surface area contributed by atoms with Crippen molar-refractivity contribution in [2.45, 2.75) is 94.9 Å². The lowest BCUT2D eigenvalue weighted by molar-refractivity contribution is -0.120. The Balaban J connectivity index is -0.000000343. The van der Waals surface area contributed by atoms with Crippen molar-refractivity contribution in [1.82, 2.24) is 0 Å². The summed E-state index contributed by atoms with van der Waals surface area (Å²) < 4.78 is 5.49. The molecule has 1 heterocycles. The second-order valence-corrected chi connectivity index (χ2v) is 7.82. The van der Waals surface area contributed by atoms with Crippen molar-refractivity contribution < 1.29 is 14.3 Å². The van der Waals surface area contributed by atoms with Crippen LogP contribution in [0.1, 0.15) is 100 Å². The first kappa shape index (κ1) is 32.0. The van der Waals surface area contributed by atoms with E-state index in [1.54, 1.807) is 6.92 Å². The smallest absolute Gasteiger partial charge is 0.132 e. The van der Waals surface area contributed by atoms with Gasteiger partial charge in [0.25, 0.3) is 0 Å². The molecule has 170 valence electrons. The first-order valence-corrected chi connectivity index (χ1v) is 10.9. The Bertz CT molecular complexity index is 514. The maximum atomic E-state index is 10.5. The van der Waals surface area contributed by atoms with E-state index < -0.39 is 0 Å². The quantitative estimate of drug-likeness (QED) is 0.468. The fourth-order valence-corrected chi connectivity index (χ4v) is 2.04. The molecular weight excluding hydrogens is 360 g/mol. The summed E-state index contributed by atoms with van der Waals surface area (Å²) in [4.78, 5) is 20.4. The molecular formula is C26H48O3. The third kappa shape index (κ3) is 15.9. The van der Waals surface area contributed by atoms with Gasteiger partial charge in [-0.05, 0) is 49.1 Å². The van der Waals surface area contributed by atoms with Crippen LogP contribution in [0.25, 0.3) is 0 Å². The lowest BCUT2D eigenvalue weighted by Gasteiger charge is -2.22. The molecule has 0 saturated heterocycles. The van der Waals surface area contributed by atoms with Crippen molar-refractivity contribution in [2.24, 2.45) is 17.8 Å². The lowest BCUT2D eigenvalue weighted by atomic mass is 9.95. The van der Waals surface area contributed by atoms with Crippen LogP contribution >= 0.6 is 0 Å². The Morgan fingerprint density at radius 1 is 1.10 bits per heavy atom. The molecule has 0 radical (unpaired) electrons. The molecule has 0 aromatic heterocycles. The summed E-state index contributed by atoms with van der Waals surface area (Å²) in [5, 5.41) is 0. The average Bonchev–Trinajstić information content (AvgIpc) is 2.69. The van der Waals surface area contributed by atoms with E-state index in [0.29, 0.717) is 18.8 Å². The van der Waals surface area contributed by atoms with Gasteiger partial charge in [0.15, 0.2) is 0 Å². The number of ketones is 1. The second-order valence-electron chi connectivity index (χ2n) is 7.82. The minimum Gasteiger partial charge on any atom is -0.493 e. The van der Waals surface area contributed by atoms with Crippen LogP contribution < -0.4 is 4.74 Å². The molecule has 1 aromatic rings. The Morgan fingerprint density at radius 3 is 2.03 bits per heavy atom. The van der Waals surface area contributed by atoms with E-state index in [1.807, 2.05) is 32.9 Å². The first-order valence-electron chi connectivity index (χ1n) is 10.9. The zero-order chi connectivity index (χ0) is 22.1. The van der Waals surface area contributed by atoms with Crippen LogP contribution in [-0.4, -0.2) is 18.7 Å². The van der Waals surface area contributed by atoms with Gasteiger partial charge in [0, 0.05) is 12.3 Å². The molecule has 29 heavy (non-hydrogen) atoms. The minimum absolute atomic E-state index is 0. The summed E-state index contributed by atoms with van der Waals surface area (Å²) >= 11 is 0. The summed E-state index contributed by atoms with van der Waals surface area (Å²) in [6.45, 7) is 19.5. The molecule has 2 rings (SSSR count). The highest BCUT2D eigenvalue weighted by atomic mass is 16.5. The Morgan fingerprint density at radius 2 is 1.62 bits per heavy atom. The van der Waals surface area contributed by atoms with E-state index in [9.17, 15) is 9.59 Å². The number of carbonyl (C=O) groups excluding carboxylic acids is 2. The molecule has 0 aliphatic carbocycles. The zero-order valence-electron chi connectivity index (χ0n) is 19.7. The highest BCUT2D eigenvalue weighted by molar-refractivity contribution is 5.78. The van der Waals surface area contributed by atoms with E-state index in [4.69, 9.17) is 4.74 Å². The third-order valence-electron chi connectivity index (χ3n) is 5.00. The van der Waals surface area contributed by atoms with E-state index in [-0.39, 0.29) is 19.1 Å². The van der Waals surface area contributed by atoms with Gasteiger partial charge in [0.05, 0.1) is 6.61 Å². The van der Waals surface area contributed by atoms with E-state index >= 15 is 0 Å². The first-order chi connectivity index (χ1) is 13.2. The molecule has 3 nitrogen and oxygen atoms in total. The monoisotopic (exact) mass is 408 g/mol. The van der Waals surface area contributed by atoms with Gasteiger partial charge in [-0.2, -0.15) is 0 Å². The number of fused-ring (bicyclic) bond motifs is 1. The van der Waals surface area contributed by atoms with Crippen molar-refractivity contribution in [1.29, 1.82) is 0 Å². The highest BCUT2D eigenvalue weighted by Crippen LogP contribution is 2.32. The van der Waals surface area contributed by atoms with Gasteiger partial charge in [-0.3, -0.25) is 4.79 Å². The molecule has 0 saturated carbocycles. The van der Waals surface area contributed by atoms with Gasteiger partial charge in [-0.25, -0.2) is 0 Å². The summed E-state index contributed by atoms with van der Waals surface area (Å²) in [6.07, 6.45) is 3.19. The SMILES string of the molecule is C.CC.CC(=O)C(C)CCC=O.CC(C)C(C)C.CC1CCOc2ccccc21. The minimum atomic E-state index is 0. The number of hydrogen-bond acceptors (Lipinski definition) is 3. The Hall–Kier alpha value is -1.64. The fraction of sp³-hybridized carbons (Fsp3) is 0.692. The van der Waals surface area contributed by atoms with Crippen molar-refractivity contribution in [3.63, 3.8) is 0 Å². The number of aldehydes is 1. The molecule has 0 amide bonds. The van der Waals surface area contributed by atoms with Gasteiger partial charge in [0.1, 0.15) is 17.8 Å². The van der Waals surface area contributed by atoms with E-state index in [1.165, 1.54) is 5.56 Å². The Labute approximate surface area is 181 Å². The van der Waals surface area contributed by atoms with Crippen molar-refractivity contribution in [3.05, 3.63) is 29.8 Å². The molecule has 1 aliphatic heterocycles. The average molecular weight is 409 g/mol. The lowest BCUT2D eigenvalue weighted by Crippen LogP contribution is -2.11. The van der Waals surface area contributed by atoms with Crippen molar-refractivity contribution in [2.75, 3.05) is 6.61 Å². The predicted molar refractivity (Wildman–Crippen MR) is 128 cm³/mol. The molecule has 1 aromatic carbocycles. The number of para-hydroxylation sites is 1. The van der Waals surface area contributed by atoms with Crippen LogP contribution in [-0.2, 0) is 9.59 Å². The number of rotatable bonds is 5. The summed E-state index contributed by atoms with van der Waals surface area (Å²) in [5.41, 5.74) is 1.36. The molecule has 2 unspecified atom stereocenters. The van der Waals surface area contributed by atoms with Crippen LogP contribution in [0.5, 0.6) is 5.75 Å². The van der Waals surface area contributed by atoms with Crippen molar-refractivity contribution >= 4 is 12.1 Å². The number of ether oxygens (including phenoxy) is 1. The van der Waals surface area contributed by atoms with Gasteiger partial charge >= 0.3 is 0 Å². The maximum absolute atomic E-state index is 10.5. The van der Waals surface area contributed by atoms with Gasteiger partial charge in [-0.15, -0.1) is 0 Å². The predicted octanol–water partition coefficient (Wildman–Crippen LogP) is 7.72. The van der Waals surface area contributed by atoms with Crippen LogP contribution in [0.3, 0.4) is 0 Å². The van der Waals surface area contributed by atoms with E-state index in [2.05, 4.69) is 46.8 Å². The number of carbonyl (C=O) groups is 2. The molecule has 0 bridgehead atoms. The zero-order valence-corrected chi connectivity index (χ0v) is 19.7. The topological polar surface area (TPSA) is 43.4 Å². The largest absolute Gasteiger partial charge is 0.493 e. The molecule has 2 atom stereocenters. The van der Waals surface area contributed by atoms with E-state index in [0.717, 1.165) is 36.9 Å². The number of benzene rings is 1. The van der Waals surface area contributed by atoms with Gasteiger partial charge in [0.2, 0.25) is 0 Å². The second kappa shape index (κ2) is 19.7. The maximum Gasteiger partial charge on any atom is 0.132 e. The molecule has 0 fully saturated rings. The standard InChI is InChI=1S/C10H12O.C7H12O2.C6H14.C2H6.CH4/c1-8-6-7-11-10-5-3-2-4-9(8)10;1-6(7(2)9)4-3-5-8;1-5(2)6(3)4;1-2;/h2-5,8H,6-7H2,1H3;5-6H,3-4H2,1-2H3;5-6H,1-4H3;1-2H3;1H4. The van der Waals surface area contributed by atoms with Crippen molar-refractivity contribution in [3.8, 4) is 5.75 Å².